The lowest BCUT2D eigenvalue weighted by Crippen LogP contribution is -2.31. The van der Waals surface area contributed by atoms with Crippen molar-refractivity contribution < 1.29 is 0 Å². The second-order valence-electron chi connectivity index (χ2n) is 6.20. The van der Waals surface area contributed by atoms with Crippen molar-refractivity contribution in [2.24, 2.45) is 0 Å². The summed E-state index contributed by atoms with van der Waals surface area (Å²) in [6.45, 7) is 8.10. The molecule has 5 heteroatoms. The molecule has 0 spiro atoms. The van der Waals surface area contributed by atoms with Crippen molar-refractivity contribution in [3.05, 3.63) is 46.2 Å². The molecule has 2 heterocycles. The first-order chi connectivity index (χ1) is 11.0. The largest absolute Gasteiger partial charge is 0.367 e. The SMILES string of the molecule is CC[C@H](C)Nc1cc(N2CCc3cc(Cl)ccc3C2)nc(C)n1. The van der Waals surface area contributed by atoms with Crippen LogP contribution in [-0.4, -0.2) is 22.6 Å². The molecular weight excluding hydrogens is 308 g/mol. The molecule has 1 aromatic heterocycles. The third-order valence-electron chi connectivity index (χ3n) is 4.34. The topological polar surface area (TPSA) is 41.0 Å². The molecular formula is C18H23ClN4. The fourth-order valence-corrected chi connectivity index (χ4v) is 3.05. The Bertz CT molecular complexity index is 701. The van der Waals surface area contributed by atoms with E-state index in [1.165, 1.54) is 11.1 Å². The number of fused-ring (bicyclic) bond motifs is 1. The van der Waals surface area contributed by atoms with E-state index >= 15 is 0 Å². The molecule has 0 unspecified atom stereocenters. The minimum Gasteiger partial charge on any atom is -0.367 e. The summed E-state index contributed by atoms with van der Waals surface area (Å²) in [5, 5.41) is 4.26. The highest BCUT2D eigenvalue weighted by molar-refractivity contribution is 6.30. The number of aryl methyl sites for hydroxylation is 1. The van der Waals surface area contributed by atoms with Crippen molar-refractivity contribution >= 4 is 23.2 Å². The maximum absolute atomic E-state index is 6.09. The smallest absolute Gasteiger partial charge is 0.134 e. The van der Waals surface area contributed by atoms with E-state index in [-0.39, 0.29) is 0 Å². The molecule has 4 nitrogen and oxygen atoms in total. The Morgan fingerprint density at radius 3 is 2.87 bits per heavy atom. The Labute approximate surface area is 142 Å². The highest BCUT2D eigenvalue weighted by atomic mass is 35.5. The molecule has 0 saturated heterocycles. The number of hydrogen-bond donors (Lipinski definition) is 1. The zero-order chi connectivity index (χ0) is 16.4. The Hall–Kier alpha value is -1.81. The van der Waals surface area contributed by atoms with Crippen LogP contribution in [0.3, 0.4) is 0 Å². The van der Waals surface area contributed by atoms with Gasteiger partial charge in [-0.1, -0.05) is 24.6 Å². The number of nitrogens with one attached hydrogen (secondary N) is 1. The monoisotopic (exact) mass is 330 g/mol. The van der Waals surface area contributed by atoms with Gasteiger partial charge in [-0.25, -0.2) is 9.97 Å². The Morgan fingerprint density at radius 1 is 1.26 bits per heavy atom. The second kappa shape index (κ2) is 6.75. The predicted octanol–water partition coefficient (Wildman–Crippen LogP) is 4.21. The molecule has 1 aliphatic heterocycles. The lowest BCUT2D eigenvalue weighted by atomic mass is 10.00. The predicted molar refractivity (Wildman–Crippen MR) is 96.4 cm³/mol. The van der Waals surface area contributed by atoms with Gasteiger partial charge in [-0.05, 0) is 49.9 Å². The summed E-state index contributed by atoms with van der Waals surface area (Å²) in [6.07, 6.45) is 2.06. The van der Waals surface area contributed by atoms with Crippen LogP contribution in [-0.2, 0) is 13.0 Å². The highest BCUT2D eigenvalue weighted by Gasteiger charge is 2.19. The van der Waals surface area contributed by atoms with Crippen molar-refractivity contribution in [2.45, 2.75) is 46.2 Å². The molecule has 1 N–H and O–H groups in total. The van der Waals surface area contributed by atoms with E-state index in [1.807, 2.05) is 13.0 Å². The number of benzene rings is 1. The van der Waals surface area contributed by atoms with E-state index in [2.05, 4.69) is 52.2 Å². The first-order valence-corrected chi connectivity index (χ1v) is 8.57. The van der Waals surface area contributed by atoms with Crippen LogP contribution in [0.4, 0.5) is 11.6 Å². The van der Waals surface area contributed by atoms with Gasteiger partial charge in [-0.15, -0.1) is 0 Å². The zero-order valence-electron chi connectivity index (χ0n) is 13.9. The Morgan fingerprint density at radius 2 is 2.09 bits per heavy atom. The van der Waals surface area contributed by atoms with Gasteiger partial charge in [0.05, 0.1) is 0 Å². The van der Waals surface area contributed by atoms with Crippen LogP contribution < -0.4 is 10.2 Å². The average Bonchev–Trinajstić information content (AvgIpc) is 2.53. The minimum absolute atomic E-state index is 0.404. The average molecular weight is 331 g/mol. The summed E-state index contributed by atoms with van der Waals surface area (Å²) >= 11 is 6.09. The van der Waals surface area contributed by atoms with E-state index in [0.29, 0.717) is 6.04 Å². The van der Waals surface area contributed by atoms with Gasteiger partial charge in [-0.3, -0.25) is 0 Å². The van der Waals surface area contributed by atoms with Crippen LogP contribution in [0, 0.1) is 6.92 Å². The van der Waals surface area contributed by atoms with Gasteiger partial charge in [0.15, 0.2) is 0 Å². The lowest BCUT2D eigenvalue weighted by molar-refractivity contribution is 0.714. The molecule has 0 saturated carbocycles. The molecule has 1 atom stereocenters. The molecule has 1 aromatic carbocycles. The molecule has 0 radical (unpaired) electrons. The summed E-state index contributed by atoms with van der Waals surface area (Å²) in [4.78, 5) is 11.4. The van der Waals surface area contributed by atoms with Gasteiger partial charge in [0.25, 0.3) is 0 Å². The van der Waals surface area contributed by atoms with E-state index < -0.39 is 0 Å². The number of aromatic nitrogens is 2. The van der Waals surface area contributed by atoms with Crippen molar-refractivity contribution in [1.29, 1.82) is 0 Å². The van der Waals surface area contributed by atoms with Crippen LogP contribution in [0.1, 0.15) is 37.2 Å². The molecule has 0 fully saturated rings. The Kier molecular flexibility index (Phi) is 4.71. The fourth-order valence-electron chi connectivity index (χ4n) is 2.86. The van der Waals surface area contributed by atoms with Crippen LogP contribution in [0.25, 0.3) is 0 Å². The maximum atomic E-state index is 6.09. The van der Waals surface area contributed by atoms with E-state index in [1.54, 1.807) is 0 Å². The molecule has 3 rings (SSSR count). The quantitative estimate of drug-likeness (QED) is 0.911. The van der Waals surface area contributed by atoms with Gasteiger partial charge in [0, 0.05) is 30.2 Å². The molecule has 23 heavy (non-hydrogen) atoms. The van der Waals surface area contributed by atoms with Gasteiger partial charge in [0.1, 0.15) is 17.5 Å². The van der Waals surface area contributed by atoms with Gasteiger partial charge < -0.3 is 10.2 Å². The molecule has 122 valence electrons. The first kappa shape index (κ1) is 16.1. The standard InChI is InChI=1S/C18H23ClN4/c1-4-12(2)20-17-10-18(22-13(3)21-17)23-8-7-14-9-16(19)6-5-15(14)11-23/h5-6,9-10,12H,4,7-8,11H2,1-3H3,(H,20,21,22)/t12-/m0/s1. The van der Waals surface area contributed by atoms with E-state index in [4.69, 9.17) is 11.6 Å². The van der Waals surface area contributed by atoms with Gasteiger partial charge in [0.2, 0.25) is 0 Å². The third kappa shape index (κ3) is 3.75. The number of hydrogen-bond acceptors (Lipinski definition) is 4. The van der Waals surface area contributed by atoms with Crippen LogP contribution in [0.5, 0.6) is 0 Å². The number of anilines is 2. The maximum Gasteiger partial charge on any atom is 0.134 e. The molecule has 0 aliphatic carbocycles. The molecule has 0 amide bonds. The normalized spacial score (nSPS) is 15.2. The molecule has 0 bridgehead atoms. The summed E-state index contributed by atoms with van der Waals surface area (Å²) in [6, 6.07) is 8.62. The lowest BCUT2D eigenvalue weighted by Gasteiger charge is -2.30. The van der Waals surface area contributed by atoms with E-state index in [9.17, 15) is 0 Å². The van der Waals surface area contributed by atoms with Crippen LogP contribution in [0.2, 0.25) is 5.02 Å². The van der Waals surface area contributed by atoms with Crippen molar-refractivity contribution in [3.63, 3.8) is 0 Å². The number of nitrogens with zero attached hydrogens (tertiary/aromatic N) is 3. The Balaban J connectivity index is 1.83. The summed E-state index contributed by atoms with van der Waals surface area (Å²) in [7, 11) is 0. The van der Waals surface area contributed by atoms with Gasteiger partial charge >= 0.3 is 0 Å². The van der Waals surface area contributed by atoms with Gasteiger partial charge in [-0.2, -0.15) is 0 Å². The number of rotatable bonds is 4. The van der Waals surface area contributed by atoms with Crippen molar-refractivity contribution in [2.75, 3.05) is 16.8 Å². The molecule has 1 aliphatic rings. The minimum atomic E-state index is 0.404. The first-order valence-electron chi connectivity index (χ1n) is 8.19. The van der Waals surface area contributed by atoms with Crippen LogP contribution >= 0.6 is 11.6 Å². The second-order valence-corrected chi connectivity index (χ2v) is 6.63. The zero-order valence-corrected chi connectivity index (χ0v) is 14.7. The van der Waals surface area contributed by atoms with Crippen molar-refractivity contribution in [1.82, 2.24) is 9.97 Å². The summed E-state index contributed by atoms with van der Waals surface area (Å²) in [5.74, 6) is 2.70. The summed E-state index contributed by atoms with van der Waals surface area (Å²) < 4.78 is 0. The summed E-state index contributed by atoms with van der Waals surface area (Å²) in [5.41, 5.74) is 2.67. The van der Waals surface area contributed by atoms with E-state index in [0.717, 1.165) is 48.4 Å². The van der Waals surface area contributed by atoms with Crippen LogP contribution in [0.15, 0.2) is 24.3 Å². The third-order valence-corrected chi connectivity index (χ3v) is 4.57. The fraction of sp³-hybridized carbons (Fsp3) is 0.444. The number of halogens is 1. The van der Waals surface area contributed by atoms with Crippen molar-refractivity contribution in [3.8, 4) is 0 Å². The molecule has 2 aromatic rings. The highest BCUT2D eigenvalue weighted by Crippen LogP contribution is 2.26.